The number of methoxy groups -OCH3 is 1. The first-order valence-corrected chi connectivity index (χ1v) is 11.8. The summed E-state index contributed by atoms with van der Waals surface area (Å²) in [7, 11) is 1.52. The van der Waals surface area contributed by atoms with E-state index in [1.807, 2.05) is 11.0 Å². The van der Waals surface area contributed by atoms with E-state index in [1.165, 1.54) is 19.4 Å². The molecule has 0 unspecified atom stereocenters. The lowest BCUT2D eigenvalue weighted by Gasteiger charge is -2.35. The molecule has 5 aliphatic rings. The van der Waals surface area contributed by atoms with Crippen LogP contribution < -0.4 is 20.3 Å². The molecule has 0 radical (unpaired) electrons. The zero-order valence-corrected chi connectivity index (χ0v) is 19.3. The van der Waals surface area contributed by atoms with E-state index < -0.39 is 6.61 Å². The summed E-state index contributed by atoms with van der Waals surface area (Å²) in [5.74, 6) is 1.76. The van der Waals surface area contributed by atoms with Gasteiger partial charge in [0.2, 0.25) is 11.9 Å². The number of halogens is 2. The van der Waals surface area contributed by atoms with E-state index in [1.54, 1.807) is 0 Å². The highest BCUT2D eigenvalue weighted by Gasteiger charge is 2.47. The monoisotopic (exact) mass is 487 g/mol. The third kappa shape index (κ3) is 3.89. The predicted molar refractivity (Wildman–Crippen MR) is 123 cm³/mol. The molecule has 1 saturated carbocycles. The van der Waals surface area contributed by atoms with Crippen molar-refractivity contribution >= 4 is 23.5 Å². The number of piperazine rings is 1. The number of carbonyl (C=O) groups is 1. The van der Waals surface area contributed by atoms with Gasteiger partial charge in [-0.1, -0.05) is 0 Å². The number of likely N-dealkylation sites (tertiary alicyclic amines) is 1. The Kier molecular flexibility index (Phi) is 5.35. The molecule has 1 aliphatic carbocycles. The number of amides is 1. The molecule has 2 N–H and O–H groups in total. The van der Waals surface area contributed by atoms with Gasteiger partial charge in [0.1, 0.15) is 12.4 Å². The molecule has 6 heterocycles. The van der Waals surface area contributed by atoms with Gasteiger partial charge in [0.25, 0.3) is 0 Å². The highest BCUT2D eigenvalue weighted by atomic mass is 19.3. The predicted octanol–water partition coefficient (Wildman–Crippen LogP) is 1.76. The van der Waals surface area contributed by atoms with E-state index in [0.717, 1.165) is 31.6 Å². The average molecular weight is 488 g/mol. The number of hydrogen-bond donors (Lipinski definition) is 1. The number of hydrogen-bond acceptors (Lipinski definition) is 9. The van der Waals surface area contributed by atoms with Gasteiger partial charge >= 0.3 is 6.61 Å². The van der Waals surface area contributed by atoms with Crippen LogP contribution >= 0.6 is 0 Å². The second kappa shape index (κ2) is 8.43. The van der Waals surface area contributed by atoms with Crippen molar-refractivity contribution in [2.75, 3.05) is 48.9 Å². The smallest absolute Gasteiger partial charge is 0.387 e. The molecule has 0 aromatic carbocycles. The molecule has 4 bridgehead atoms. The summed E-state index contributed by atoms with van der Waals surface area (Å²) in [6.07, 6.45) is 4.66. The van der Waals surface area contributed by atoms with Gasteiger partial charge < -0.3 is 29.9 Å². The largest absolute Gasteiger partial charge is 0.431 e. The van der Waals surface area contributed by atoms with E-state index in [0.29, 0.717) is 42.3 Å². The Balaban J connectivity index is 1.34. The Bertz CT molecular complexity index is 1150. The number of pyridine rings is 1. The van der Waals surface area contributed by atoms with Crippen molar-refractivity contribution in [3.8, 4) is 17.0 Å². The number of carbonyl (C=O) groups excluding carboxylic acids is 1. The molecule has 0 spiro atoms. The topological polar surface area (TPSA) is 110 Å². The van der Waals surface area contributed by atoms with Gasteiger partial charge in [-0.05, 0) is 31.2 Å². The number of anilines is 3. The summed E-state index contributed by atoms with van der Waals surface area (Å²) in [4.78, 5) is 32.5. The number of rotatable bonds is 7. The summed E-state index contributed by atoms with van der Waals surface area (Å²) < 4.78 is 35.3. The first-order chi connectivity index (χ1) is 16.9. The van der Waals surface area contributed by atoms with E-state index in [4.69, 9.17) is 20.4 Å². The Morgan fingerprint density at radius 1 is 1.11 bits per heavy atom. The van der Waals surface area contributed by atoms with Crippen LogP contribution in [-0.2, 0) is 9.53 Å². The van der Waals surface area contributed by atoms with Crippen LogP contribution in [0.25, 0.3) is 11.3 Å². The maximum Gasteiger partial charge on any atom is 0.387 e. The normalized spacial score (nSPS) is 26.6. The maximum absolute atomic E-state index is 12.9. The van der Waals surface area contributed by atoms with Crippen LogP contribution in [0, 0.1) is 5.92 Å². The fraction of sp³-hybridized carbons (Fsp3) is 0.565. The SMILES string of the molecule is COCC(=O)N1C[C@@H]2C[C@H]1CN2c1cc(-c2cnc(N)c(OC(F)F)c2)nc(N2CC3CC2C3)n1. The van der Waals surface area contributed by atoms with Crippen LogP contribution in [0.5, 0.6) is 5.75 Å². The van der Waals surface area contributed by atoms with Crippen molar-refractivity contribution in [2.24, 2.45) is 5.92 Å². The third-order valence-electron chi connectivity index (χ3n) is 7.58. The van der Waals surface area contributed by atoms with Crippen molar-refractivity contribution in [2.45, 2.75) is 44.0 Å². The molecule has 4 saturated heterocycles. The van der Waals surface area contributed by atoms with E-state index in [2.05, 4.69) is 19.5 Å². The molecule has 10 nitrogen and oxygen atoms in total. The van der Waals surface area contributed by atoms with Gasteiger partial charge in [-0.15, -0.1) is 0 Å². The third-order valence-corrected chi connectivity index (χ3v) is 7.58. The molecule has 4 aliphatic heterocycles. The lowest BCUT2D eigenvalue weighted by atomic mass is 9.86. The fourth-order valence-electron chi connectivity index (χ4n) is 5.87. The van der Waals surface area contributed by atoms with Crippen LogP contribution in [0.15, 0.2) is 18.3 Å². The maximum atomic E-state index is 12.9. The zero-order valence-electron chi connectivity index (χ0n) is 19.3. The average Bonchev–Trinajstić information content (AvgIpc) is 3.59. The van der Waals surface area contributed by atoms with Gasteiger partial charge in [-0.2, -0.15) is 13.8 Å². The lowest BCUT2D eigenvalue weighted by molar-refractivity contribution is -0.136. The van der Waals surface area contributed by atoms with Gasteiger partial charge in [0.15, 0.2) is 11.6 Å². The minimum atomic E-state index is -3.01. The van der Waals surface area contributed by atoms with Crippen molar-refractivity contribution in [1.29, 1.82) is 0 Å². The minimum Gasteiger partial charge on any atom is -0.431 e. The number of nitrogens with two attached hydrogens (primary N) is 1. The van der Waals surface area contributed by atoms with E-state index in [-0.39, 0.29) is 36.2 Å². The summed E-state index contributed by atoms with van der Waals surface area (Å²) in [6.45, 7) is -0.729. The van der Waals surface area contributed by atoms with Gasteiger partial charge in [0.05, 0.1) is 17.8 Å². The van der Waals surface area contributed by atoms with Crippen LogP contribution in [0.3, 0.4) is 0 Å². The number of nitrogens with zero attached hydrogens (tertiary/aromatic N) is 6. The highest BCUT2D eigenvalue weighted by Crippen LogP contribution is 2.43. The molecular weight excluding hydrogens is 460 g/mol. The van der Waals surface area contributed by atoms with Crippen LogP contribution in [0.1, 0.15) is 19.3 Å². The number of ether oxygens (including phenoxy) is 2. The van der Waals surface area contributed by atoms with Crippen LogP contribution in [0.2, 0.25) is 0 Å². The Hall–Kier alpha value is -3.28. The number of nitrogen functional groups attached to an aromatic ring is 1. The molecule has 5 fully saturated rings. The van der Waals surface area contributed by atoms with Crippen molar-refractivity contribution in [3.63, 3.8) is 0 Å². The molecule has 186 valence electrons. The van der Waals surface area contributed by atoms with Crippen LogP contribution in [-0.4, -0.2) is 83.8 Å². The van der Waals surface area contributed by atoms with Crippen molar-refractivity contribution < 1.29 is 23.0 Å². The summed E-state index contributed by atoms with van der Waals surface area (Å²) >= 11 is 0. The van der Waals surface area contributed by atoms with E-state index >= 15 is 0 Å². The first kappa shape index (κ1) is 22.2. The summed E-state index contributed by atoms with van der Waals surface area (Å²) in [5.41, 5.74) is 6.83. The molecule has 7 rings (SSSR count). The van der Waals surface area contributed by atoms with Gasteiger partial charge in [0, 0.05) is 50.6 Å². The highest BCUT2D eigenvalue weighted by molar-refractivity contribution is 5.79. The molecule has 2 aromatic heterocycles. The fourth-order valence-corrected chi connectivity index (χ4v) is 5.87. The minimum absolute atomic E-state index is 0.0000608. The van der Waals surface area contributed by atoms with Crippen LogP contribution in [0.4, 0.5) is 26.4 Å². The second-order valence-corrected chi connectivity index (χ2v) is 9.72. The van der Waals surface area contributed by atoms with Gasteiger partial charge in [-0.3, -0.25) is 4.79 Å². The number of alkyl halides is 2. The van der Waals surface area contributed by atoms with E-state index in [9.17, 15) is 13.6 Å². The zero-order chi connectivity index (χ0) is 24.3. The number of aromatic nitrogens is 3. The van der Waals surface area contributed by atoms with Gasteiger partial charge in [-0.25, -0.2) is 9.97 Å². The number of fused-ring (bicyclic) bond motifs is 3. The molecule has 12 heteroatoms. The molecule has 2 aromatic rings. The Morgan fingerprint density at radius 2 is 1.94 bits per heavy atom. The molecule has 1 amide bonds. The molecule has 35 heavy (non-hydrogen) atoms. The standard InChI is InChI=1S/C23H27F2N7O3/c1-34-11-20(33)31-10-15-5-16(31)9-30(15)19-6-17(13-4-18(35-22(24)25)21(26)27-7-13)28-23(29-19)32-8-12-2-14(32)3-12/h4,6-7,12,14-16,22H,2-3,5,8-11H2,1H3,(H2,26,27)/t12?,14?,15-,16-/m0/s1. The first-order valence-electron chi connectivity index (χ1n) is 11.8. The lowest BCUT2D eigenvalue weighted by Crippen LogP contribution is -2.50. The Labute approximate surface area is 201 Å². The summed E-state index contributed by atoms with van der Waals surface area (Å²) in [6, 6.07) is 3.97. The second-order valence-electron chi connectivity index (χ2n) is 9.72. The summed E-state index contributed by atoms with van der Waals surface area (Å²) in [5, 5.41) is 0. The van der Waals surface area contributed by atoms with Crippen molar-refractivity contribution in [1.82, 2.24) is 19.9 Å². The molecular formula is C23H27F2N7O3. The quantitative estimate of drug-likeness (QED) is 0.625. The Morgan fingerprint density at radius 3 is 2.60 bits per heavy atom. The molecule has 2 atom stereocenters. The van der Waals surface area contributed by atoms with Crippen molar-refractivity contribution in [3.05, 3.63) is 18.3 Å².